The minimum absolute atomic E-state index is 0.0117. The van der Waals surface area contributed by atoms with E-state index in [0.29, 0.717) is 24.2 Å². The van der Waals surface area contributed by atoms with Crippen LogP contribution in [-0.2, 0) is 12.8 Å². The Hall–Kier alpha value is -2.35. The minimum atomic E-state index is -0.547. The Morgan fingerprint density at radius 3 is 2.68 bits per heavy atom. The van der Waals surface area contributed by atoms with E-state index in [2.05, 4.69) is 5.10 Å². The highest BCUT2D eigenvalue weighted by molar-refractivity contribution is 5.56. The first-order valence-electron chi connectivity index (χ1n) is 6.19. The number of halogens is 1. The zero-order valence-corrected chi connectivity index (χ0v) is 10.9. The van der Waals surface area contributed by atoms with Gasteiger partial charge in [-0.25, -0.2) is 9.07 Å². The van der Waals surface area contributed by atoms with E-state index in [9.17, 15) is 4.39 Å². The molecule has 0 unspecified atom stereocenters. The lowest BCUT2D eigenvalue weighted by Crippen LogP contribution is -2.06. The minimum Gasteiger partial charge on any atom is -0.396 e. The lowest BCUT2D eigenvalue weighted by Gasteiger charge is -2.08. The molecule has 0 fully saturated rings. The van der Waals surface area contributed by atoms with E-state index in [-0.39, 0.29) is 5.56 Å². The molecule has 0 aliphatic heterocycles. The molecule has 0 spiro atoms. The summed E-state index contributed by atoms with van der Waals surface area (Å²) in [6.07, 6.45) is 1.36. The molecule has 98 valence electrons. The predicted octanol–water partition coefficient (Wildman–Crippen LogP) is 2.59. The van der Waals surface area contributed by atoms with E-state index >= 15 is 0 Å². The summed E-state index contributed by atoms with van der Waals surface area (Å²) in [5, 5.41) is 13.5. The van der Waals surface area contributed by atoms with Crippen molar-refractivity contribution >= 4 is 5.69 Å². The SMILES string of the molecule is CCc1nn(-c2cccc(F)c2C#N)c(CC)c1N. The second-order valence-electron chi connectivity index (χ2n) is 4.17. The summed E-state index contributed by atoms with van der Waals surface area (Å²) >= 11 is 0. The van der Waals surface area contributed by atoms with Crippen LogP contribution in [0.3, 0.4) is 0 Å². The summed E-state index contributed by atoms with van der Waals surface area (Å²) in [5.41, 5.74) is 8.65. The normalized spacial score (nSPS) is 10.4. The first-order chi connectivity index (χ1) is 9.13. The van der Waals surface area contributed by atoms with Gasteiger partial charge in [-0.2, -0.15) is 10.4 Å². The first kappa shape index (κ1) is 13.1. The van der Waals surface area contributed by atoms with Crippen LogP contribution in [0.15, 0.2) is 18.2 Å². The quantitative estimate of drug-likeness (QED) is 0.920. The number of aromatic nitrogens is 2. The number of nitrogens with zero attached hydrogens (tertiary/aromatic N) is 3. The Kier molecular flexibility index (Phi) is 3.52. The van der Waals surface area contributed by atoms with Crippen molar-refractivity contribution in [3.8, 4) is 11.8 Å². The van der Waals surface area contributed by atoms with E-state index in [4.69, 9.17) is 11.0 Å². The molecule has 2 aromatic rings. The van der Waals surface area contributed by atoms with Crippen molar-refractivity contribution in [3.05, 3.63) is 41.0 Å². The summed E-state index contributed by atoms with van der Waals surface area (Å²) in [6.45, 7) is 3.91. The largest absolute Gasteiger partial charge is 0.396 e. The summed E-state index contributed by atoms with van der Waals surface area (Å²) in [6, 6.07) is 6.39. The van der Waals surface area contributed by atoms with Gasteiger partial charge < -0.3 is 5.73 Å². The molecule has 1 aromatic heterocycles. The van der Waals surface area contributed by atoms with Crippen molar-refractivity contribution in [2.45, 2.75) is 26.7 Å². The van der Waals surface area contributed by atoms with Crippen molar-refractivity contribution in [2.75, 3.05) is 5.73 Å². The summed E-state index contributed by atoms with van der Waals surface area (Å²) in [7, 11) is 0. The molecule has 19 heavy (non-hydrogen) atoms. The van der Waals surface area contributed by atoms with Crippen LogP contribution in [-0.4, -0.2) is 9.78 Å². The molecule has 0 aliphatic carbocycles. The van der Waals surface area contributed by atoms with Gasteiger partial charge in [0, 0.05) is 0 Å². The van der Waals surface area contributed by atoms with E-state index in [1.54, 1.807) is 16.8 Å². The van der Waals surface area contributed by atoms with Crippen molar-refractivity contribution in [1.82, 2.24) is 9.78 Å². The summed E-state index contributed by atoms with van der Waals surface area (Å²) < 4.78 is 15.2. The second kappa shape index (κ2) is 5.11. The smallest absolute Gasteiger partial charge is 0.143 e. The molecule has 4 nitrogen and oxygen atoms in total. The van der Waals surface area contributed by atoms with Gasteiger partial charge in [0.05, 0.1) is 22.8 Å². The van der Waals surface area contributed by atoms with Crippen LogP contribution in [0.5, 0.6) is 0 Å². The number of nitrogen functional groups attached to an aromatic ring is 1. The maximum absolute atomic E-state index is 13.7. The van der Waals surface area contributed by atoms with Gasteiger partial charge in [-0.3, -0.25) is 0 Å². The third-order valence-electron chi connectivity index (χ3n) is 3.10. The number of nitrogens with two attached hydrogens (primary N) is 1. The third kappa shape index (κ3) is 2.06. The average molecular weight is 258 g/mol. The van der Waals surface area contributed by atoms with Gasteiger partial charge in [0.2, 0.25) is 0 Å². The van der Waals surface area contributed by atoms with Gasteiger partial charge >= 0.3 is 0 Å². The molecule has 0 radical (unpaired) electrons. The van der Waals surface area contributed by atoms with Crippen molar-refractivity contribution < 1.29 is 4.39 Å². The van der Waals surface area contributed by atoms with Crippen LogP contribution < -0.4 is 5.73 Å². The molecule has 0 bridgehead atoms. The number of benzene rings is 1. The van der Waals surface area contributed by atoms with Crippen LogP contribution in [0, 0.1) is 17.1 Å². The fraction of sp³-hybridized carbons (Fsp3) is 0.286. The number of anilines is 1. The molecule has 0 saturated carbocycles. The Morgan fingerprint density at radius 1 is 1.37 bits per heavy atom. The van der Waals surface area contributed by atoms with Gasteiger partial charge in [-0.15, -0.1) is 0 Å². The molecular weight excluding hydrogens is 243 g/mol. The highest BCUT2D eigenvalue weighted by atomic mass is 19.1. The van der Waals surface area contributed by atoms with E-state index < -0.39 is 5.82 Å². The van der Waals surface area contributed by atoms with E-state index in [1.165, 1.54) is 6.07 Å². The van der Waals surface area contributed by atoms with Crippen molar-refractivity contribution in [3.63, 3.8) is 0 Å². The topological polar surface area (TPSA) is 67.6 Å². The Labute approximate surface area is 111 Å². The van der Waals surface area contributed by atoms with Crippen LogP contribution in [0.1, 0.15) is 30.8 Å². The van der Waals surface area contributed by atoms with Crippen molar-refractivity contribution in [2.24, 2.45) is 0 Å². The molecule has 0 amide bonds. The molecular formula is C14H15FN4. The number of nitriles is 1. The molecule has 2 rings (SSSR count). The predicted molar refractivity (Wildman–Crippen MR) is 71.4 cm³/mol. The fourth-order valence-corrected chi connectivity index (χ4v) is 2.12. The first-order valence-corrected chi connectivity index (χ1v) is 6.19. The van der Waals surface area contributed by atoms with Gasteiger partial charge in [0.1, 0.15) is 17.4 Å². The fourth-order valence-electron chi connectivity index (χ4n) is 2.12. The van der Waals surface area contributed by atoms with Crippen LogP contribution >= 0.6 is 0 Å². The molecule has 1 aromatic carbocycles. The number of aryl methyl sites for hydroxylation is 1. The van der Waals surface area contributed by atoms with Crippen LogP contribution in [0.25, 0.3) is 5.69 Å². The molecule has 0 saturated heterocycles. The van der Waals surface area contributed by atoms with Gasteiger partial charge in [-0.05, 0) is 25.0 Å². The molecule has 2 N–H and O–H groups in total. The number of hydrogen-bond acceptors (Lipinski definition) is 3. The zero-order valence-electron chi connectivity index (χ0n) is 10.9. The van der Waals surface area contributed by atoms with Gasteiger partial charge in [0.25, 0.3) is 0 Å². The van der Waals surface area contributed by atoms with Crippen LogP contribution in [0.4, 0.5) is 10.1 Å². The monoisotopic (exact) mass is 258 g/mol. The maximum atomic E-state index is 13.7. The Bertz CT molecular complexity index is 652. The Balaban J connectivity index is 2.73. The lowest BCUT2D eigenvalue weighted by atomic mass is 10.1. The average Bonchev–Trinajstić information content (AvgIpc) is 2.74. The summed E-state index contributed by atoms with van der Waals surface area (Å²) in [5.74, 6) is -0.547. The highest BCUT2D eigenvalue weighted by Crippen LogP contribution is 2.25. The summed E-state index contributed by atoms with van der Waals surface area (Å²) in [4.78, 5) is 0. The van der Waals surface area contributed by atoms with E-state index in [0.717, 1.165) is 11.4 Å². The van der Waals surface area contributed by atoms with Gasteiger partial charge in [-0.1, -0.05) is 19.9 Å². The second-order valence-corrected chi connectivity index (χ2v) is 4.17. The molecule has 5 heteroatoms. The van der Waals surface area contributed by atoms with E-state index in [1.807, 2.05) is 19.9 Å². The maximum Gasteiger partial charge on any atom is 0.143 e. The molecule has 1 heterocycles. The van der Waals surface area contributed by atoms with Crippen LogP contribution in [0.2, 0.25) is 0 Å². The highest BCUT2D eigenvalue weighted by Gasteiger charge is 2.17. The molecule has 0 aliphatic rings. The number of rotatable bonds is 3. The number of hydrogen-bond donors (Lipinski definition) is 1. The zero-order chi connectivity index (χ0) is 14.0. The van der Waals surface area contributed by atoms with Crippen molar-refractivity contribution in [1.29, 1.82) is 5.26 Å². The Morgan fingerprint density at radius 2 is 2.11 bits per heavy atom. The third-order valence-corrected chi connectivity index (χ3v) is 3.10. The standard InChI is InChI=1S/C14H15FN4/c1-3-11-14(17)12(4-2)19(18-11)13-7-5-6-10(15)9(13)8-16/h5-7H,3-4,17H2,1-2H3. The molecule has 0 atom stereocenters. The lowest BCUT2D eigenvalue weighted by molar-refractivity contribution is 0.620. The van der Waals surface area contributed by atoms with Gasteiger partial charge in [0.15, 0.2) is 0 Å².